The van der Waals surface area contributed by atoms with Crippen molar-refractivity contribution in [3.05, 3.63) is 65.7 Å². The van der Waals surface area contributed by atoms with Crippen molar-refractivity contribution in [1.29, 1.82) is 0 Å². The van der Waals surface area contributed by atoms with Gasteiger partial charge in [0.2, 0.25) is 0 Å². The maximum atomic E-state index is 12.5. The first-order valence-corrected chi connectivity index (χ1v) is 6.20. The number of aliphatic hydroxyl groups is 1. The molecular formula is C15H14F3NO2. The lowest BCUT2D eigenvalue weighted by Gasteiger charge is -2.29. The topological polar surface area (TPSA) is 55.5 Å². The van der Waals surface area contributed by atoms with Gasteiger partial charge in [-0.05, 0) is 11.6 Å². The number of ether oxygens (including phenoxy) is 1. The van der Waals surface area contributed by atoms with Crippen LogP contribution >= 0.6 is 0 Å². The summed E-state index contributed by atoms with van der Waals surface area (Å²) in [5.74, 6) is -0.471. The van der Waals surface area contributed by atoms with Gasteiger partial charge >= 0.3 is 6.36 Å². The molecule has 2 aromatic rings. The van der Waals surface area contributed by atoms with Crippen LogP contribution in [0.25, 0.3) is 0 Å². The Morgan fingerprint density at radius 1 is 0.952 bits per heavy atom. The van der Waals surface area contributed by atoms with Crippen LogP contribution in [0.2, 0.25) is 0 Å². The van der Waals surface area contributed by atoms with E-state index in [-0.39, 0.29) is 12.1 Å². The minimum absolute atomic E-state index is 0.0315. The Kier molecular flexibility index (Phi) is 4.20. The van der Waals surface area contributed by atoms with Crippen LogP contribution in [0.5, 0.6) is 5.75 Å². The fourth-order valence-electron chi connectivity index (χ4n) is 2.12. The van der Waals surface area contributed by atoms with E-state index in [9.17, 15) is 18.3 Å². The molecule has 0 aliphatic heterocycles. The van der Waals surface area contributed by atoms with Gasteiger partial charge in [0.25, 0.3) is 0 Å². The fraction of sp³-hybridized carbons (Fsp3) is 0.200. The zero-order chi connectivity index (χ0) is 15.5. The highest BCUT2D eigenvalue weighted by Crippen LogP contribution is 2.37. The molecule has 0 spiro atoms. The normalized spacial score (nSPS) is 14.5. The molecule has 0 saturated heterocycles. The van der Waals surface area contributed by atoms with Gasteiger partial charge in [-0.2, -0.15) is 0 Å². The van der Waals surface area contributed by atoms with Crippen molar-refractivity contribution in [2.24, 2.45) is 5.73 Å². The Morgan fingerprint density at radius 3 is 2.10 bits per heavy atom. The van der Waals surface area contributed by atoms with E-state index < -0.39 is 17.7 Å². The monoisotopic (exact) mass is 297 g/mol. The fourth-order valence-corrected chi connectivity index (χ4v) is 2.12. The lowest BCUT2D eigenvalue weighted by molar-refractivity contribution is -0.275. The summed E-state index contributed by atoms with van der Waals surface area (Å²) in [6.45, 7) is -0.282. The van der Waals surface area contributed by atoms with Crippen LogP contribution < -0.4 is 10.5 Å². The molecule has 0 aromatic heterocycles. The van der Waals surface area contributed by atoms with Gasteiger partial charge in [0, 0.05) is 12.1 Å². The van der Waals surface area contributed by atoms with Gasteiger partial charge in [0.05, 0.1) is 0 Å². The van der Waals surface area contributed by atoms with Crippen molar-refractivity contribution < 1.29 is 23.0 Å². The summed E-state index contributed by atoms with van der Waals surface area (Å²) in [5, 5.41) is 10.8. The second-order valence-electron chi connectivity index (χ2n) is 4.47. The van der Waals surface area contributed by atoms with Crippen molar-refractivity contribution in [1.82, 2.24) is 0 Å². The molecule has 0 radical (unpaired) electrons. The van der Waals surface area contributed by atoms with E-state index in [1.165, 1.54) is 18.2 Å². The molecule has 0 bridgehead atoms. The molecule has 2 rings (SSSR count). The largest absolute Gasteiger partial charge is 0.573 e. The first-order valence-electron chi connectivity index (χ1n) is 6.20. The minimum Gasteiger partial charge on any atom is -0.405 e. The van der Waals surface area contributed by atoms with Gasteiger partial charge in [-0.15, -0.1) is 13.2 Å². The highest BCUT2D eigenvalue weighted by atomic mass is 19.4. The summed E-state index contributed by atoms with van der Waals surface area (Å²) >= 11 is 0. The van der Waals surface area contributed by atoms with Crippen LogP contribution in [0.4, 0.5) is 13.2 Å². The van der Waals surface area contributed by atoms with E-state index in [2.05, 4.69) is 4.74 Å². The number of nitrogens with two attached hydrogens (primary N) is 1. The zero-order valence-corrected chi connectivity index (χ0v) is 11.0. The van der Waals surface area contributed by atoms with E-state index in [0.717, 1.165) is 6.07 Å². The molecule has 3 nitrogen and oxygen atoms in total. The average molecular weight is 297 g/mol. The third-order valence-corrected chi connectivity index (χ3v) is 3.11. The molecule has 2 aromatic carbocycles. The lowest BCUT2D eigenvalue weighted by Crippen LogP contribution is -2.37. The quantitative estimate of drug-likeness (QED) is 0.912. The number of para-hydroxylation sites is 1. The summed E-state index contributed by atoms with van der Waals surface area (Å²) in [6, 6.07) is 13.7. The van der Waals surface area contributed by atoms with Gasteiger partial charge in [0.1, 0.15) is 11.4 Å². The summed E-state index contributed by atoms with van der Waals surface area (Å²) in [4.78, 5) is 0. The second-order valence-corrected chi connectivity index (χ2v) is 4.47. The maximum absolute atomic E-state index is 12.5. The Morgan fingerprint density at radius 2 is 1.52 bits per heavy atom. The molecule has 1 atom stereocenters. The zero-order valence-electron chi connectivity index (χ0n) is 11.0. The van der Waals surface area contributed by atoms with E-state index in [1.54, 1.807) is 30.3 Å². The smallest absolute Gasteiger partial charge is 0.405 e. The molecule has 3 N–H and O–H groups in total. The van der Waals surface area contributed by atoms with Crippen molar-refractivity contribution in [3.8, 4) is 5.75 Å². The molecule has 0 aliphatic carbocycles. The molecule has 0 fully saturated rings. The average Bonchev–Trinajstić information content (AvgIpc) is 2.46. The number of benzene rings is 2. The molecule has 0 aliphatic rings. The van der Waals surface area contributed by atoms with Crippen LogP contribution in [-0.4, -0.2) is 18.0 Å². The third-order valence-electron chi connectivity index (χ3n) is 3.11. The maximum Gasteiger partial charge on any atom is 0.573 e. The minimum atomic E-state index is -4.84. The van der Waals surface area contributed by atoms with Crippen molar-refractivity contribution >= 4 is 0 Å². The second kappa shape index (κ2) is 5.75. The molecule has 0 amide bonds. The Labute approximate surface area is 119 Å². The molecule has 0 heterocycles. The van der Waals surface area contributed by atoms with Crippen molar-refractivity contribution in [3.63, 3.8) is 0 Å². The summed E-state index contributed by atoms with van der Waals surface area (Å²) in [7, 11) is 0. The van der Waals surface area contributed by atoms with E-state index in [4.69, 9.17) is 5.73 Å². The van der Waals surface area contributed by atoms with Gasteiger partial charge < -0.3 is 15.6 Å². The number of hydrogen-bond acceptors (Lipinski definition) is 3. The van der Waals surface area contributed by atoms with Gasteiger partial charge in [-0.1, -0.05) is 48.5 Å². The molecule has 112 valence electrons. The van der Waals surface area contributed by atoms with E-state index in [0.29, 0.717) is 5.56 Å². The highest BCUT2D eigenvalue weighted by Gasteiger charge is 2.37. The van der Waals surface area contributed by atoms with Crippen LogP contribution in [0.15, 0.2) is 54.6 Å². The molecular weight excluding hydrogens is 283 g/mol. The summed E-state index contributed by atoms with van der Waals surface area (Å²) < 4.78 is 41.4. The highest BCUT2D eigenvalue weighted by molar-refractivity contribution is 5.45. The number of hydrogen-bond donors (Lipinski definition) is 2. The van der Waals surface area contributed by atoms with Crippen LogP contribution in [0.1, 0.15) is 11.1 Å². The number of rotatable bonds is 4. The molecule has 21 heavy (non-hydrogen) atoms. The van der Waals surface area contributed by atoms with Crippen LogP contribution in [0.3, 0.4) is 0 Å². The Balaban J connectivity index is 2.53. The van der Waals surface area contributed by atoms with Gasteiger partial charge in [-0.3, -0.25) is 0 Å². The molecule has 6 heteroatoms. The van der Waals surface area contributed by atoms with E-state index in [1.807, 2.05) is 0 Å². The van der Waals surface area contributed by atoms with Gasteiger partial charge in [-0.25, -0.2) is 0 Å². The first kappa shape index (κ1) is 15.3. The predicted octanol–water partition coefficient (Wildman–Crippen LogP) is 2.78. The number of halogens is 3. The SMILES string of the molecule is NCC(O)(c1ccccc1)c1ccccc1OC(F)(F)F. The van der Waals surface area contributed by atoms with Crippen LogP contribution in [-0.2, 0) is 5.60 Å². The Hall–Kier alpha value is -2.05. The Bertz CT molecular complexity index is 601. The van der Waals surface area contributed by atoms with Crippen molar-refractivity contribution in [2.75, 3.05) is 6.54 Å². The predicted molar refractivity (Wildman–Crippen MR) is 71.6 cm³/mol. The first-order chi connectivity index (χ1) is 9.87. The summed E-state index contributed by atoms with van der Waals surface area (Å²) in [6.07, 6.45) is -4.84. The standard InChI is InChI=1S/C15H14F3NO2/c16-15(17,18)21-13-9-5-4-8-12(13)14(20,10-19)11-6-2-1-3-7-11/h1-9,20H,10,19H2. The van der Waals surface area contributed by atoms with E-state index >= 15 is 0 Å². The third kappa shape index (κ3) is 3.34. The van der Waals surface area contributed by atoms with Crippen LogP contribution in [0, 0.1) is 0 Å². The molecule has 0 saturated carbocycles. The van der Waals surface area contributed by atoms with Crippen molar-refractivity contribution in [2.45, 2.75) is 12.0 Å². The van der Waals surface area contributed by atoms with Gasteiger partial charge in [0.15, 0.2) is 0 Å². The summed E-state index contributed by atoms with van der Waals surface area (Å²) in [5.41, 5.74) is 4.22. The number of alkyl halides is 3. The molecule has 1 unspecified atom stereocenters. The lowest BCUT2D eigenvalue weighted by atomic mass is 9.86.